The Kier molecular flexibility index (Phi) is 5.12. The number of fused-ring (bicyclic) bond motifs is 3. The van der Waals surface area contributed by atoms with E-state index in [4.69, 9.17) is 4.74 Å². The quantitative estimate of drug-likeness (QED) is 0.536. The van der Waals surface area contributed by atoms with Gasteiger partial charge in [0.15, 0.2) is 11.5 Å². The molecule has 29 heavy (non-hydrogen) atoms. The molecule has 148 valence electrons. The molecular formula is C22H23N5O2. The van der Waals surface area contributed by atoms with Crippen LogP contribution in [0.5, 0.6) is 5.75 Å². The van der Waals surface area contributed by atoms with Gasteiger partial charge in [0.25, 0.3) is 0 Å². The number of nitrogens with zero attached hydrogens (tertiary/aromatic N) is 4. The fourth-order valence-electron chi connectivity index (χ4n) is 3.24. The molecule has 0 spiro atoms. The standard InChI is InChI=1S/C22H23N5O2/c1-14(2)12-21(28)23-16-8-10-17(11-9-16)29-13-20-24-25-22-19-7-5-4-6-18(19)15(3)26-27(20)22/h4-11,14H,12-13H2,1-3H3,(H,23,28). The number of aryl methyl sites for hydroxylation is 1. The van der Waals surface area contributed by atoms with Gasteiger partial charge in [-0.3, -0.25) is 4.79 Å². The van der Waals surface area contributed by atoms with Crippen molar-refractivity contribution in [2.45, 2.75) is 33.8 Å². The Hall–Kier alpha value is -3.48. The topological polar surface area (TPSA) is 81.4 Å². The second-order valence-corrected chi connectivity index (χ2v) is 7.44. The molecule has 0 aliphatic carbocycles. The lowest BCUT2D eigenvalue weighted by molar-refractivity contribution is -0.116. The van der Waals surface area contributed by atoms with Crippen LogP contribution in [-0.2, 0) is 11.4 Å². The van der Waals surface area contributed by atoms with E-state index in [2.05, 4.69) is 20.6 Å². The molecule has 4 rings (SSSR count). The molecule has 2 heterocycles. The van der Waals surface area contributed by atoms with Crippen LogP contribution < -0.4 is 10.1 Å². The minimum Gasteiger partial charge on any atom is -0.486 e. The van der Waals surface area contributed by atoms with Crippen molar-refractivity contribution < 1.29 is 9.53 Å². The van der Waals surface area contributed by atoms with Crippen LogP contribution in [-0.4, -0.2) is 25.7 Å². The number of nitrogens with one attached hydrogen (secondary N) is 1. The van der Waals surface area contributed by atoms with Crippen LogP contribution in [0.4, 0.5) is 5.69 Å². The van der Waals surface area contributed by atoms with Crippen LogP contribution in [0.15, 0.2) is 48.5 Å². The number of hydrogen-bond donors (Lipinski definition) is 1. The van der Waals surface area contributed by atoms with Gasteiger partial charge in [0, 0.05) is 22.9 Å². The molecule has 0 bridgehead atoms. The van der Waals surface area contributed by atoms with Gasteiger partial charge in [0.2, 0.25) is 5.91 Å². The van der Waals surface area contributed by atoms with Gasteiger partial charge < -0.3 is 10.1 Å². The van der Waals surface area contributed by atoms with Gasteiger partial charge in [-0.25, -0.2) is 0 Å². The number of ether oxygens (including phenoxy) is 1. The van der Waals surface area contributed by atoms with Crippen molar-refractivity contribution in [3.63, 3.8) is 0 Å². The SMILES string of the molecule is Cc1nn2c(COc3ccc(NC(=O)CC(C)C)cc3)nnc2c2ccccc12. The molecule has 0 fully saturated rings. The monoisotopic (exact) mass is 389 g/mol. The van der Waals surface area contributed by atoms with Crippen molar-refractivity contribution in [1.29, 1.82) is 0 Å². The number of anilines is 1. The molecule has 0 aliphatic rings. The van der Waals surface area contributed by atoms with Gasteiger partial charge in [-0.15, -0.1) is 10.2 Å². The molecule has 0 saturated carbocycles. The van der Waals surface area contributed by atoms with Crippen molar-refractivity contribution in [2.24, 2.45) is 5.92 Å². The normalized spacial score (nSPS) is 11.3. The highest BCUT2D eigenvalue weighted by Crippen LogP contribution is 2.22. The van der Waals surface area contributed by atoms with Gasteiger partial charge in [-0.2, -0.15) is 9.61 Å². The van der Waals surface area contributed by atoms with Crippen molar-refractivity contribution in [2.75, 3.05) is 5.32 Å². The number of hydrogen-bond acceptors (Lipinski definition) is 5. The summed E-state index contributed by atoms with van der Waals surface area (Å²) in [6.45, 7) is 6.25. The Morgan fingerprint density at radius 2 is 1.79 bits per heavy atom. The highest BCUT2D eigenvalue weighted by atomic mass is 16.5. The molecule has 0 radical (unpaired) electrons. The van der Waals surface area contributed by atoms with Gasteiger partial charge in [0.05, 0.1) is 5.69 Å². The van der Waals surface area contributed by atoms with Crippen LogP contribution >= 0.6 is 0 Å². The Morgan fingerprint density at radius 1 is 1.07 bits per heavy atom. The molecule has 2 aromatic carbocycles. The summed E-state index contributed by atoms with van der Waals surface area (Å²) < 4.78 is 7.59. The summed E-state index contributed by atoms with van der Waals surface area (Å²) in [6, 6.07) is 15.3. The lowest BCUT2D eigenvalue weighted by Crippen LogP contribution is -2.13. The molecule has 1 N–H and O–H groups in total. The predicted molar refractivity (Wildman–Crippen MR) is 112 cm³/mol. The second kappa shape index (κ2) is 7.87. The predicted octanol–water partition coefficient (Wildman–Crippen LogP) is 4.15. The first kappa shape index (κ1) is 18.9. The molecule has 4 aromatic rings. The smallest absolute Gasteiger partial charge is 0.224 e. The largest absolute Gasteiger partial charge is 0.486 e. The van der Waals surface area contributed by atoms with Crippen molar-refractivity contribution in [1.82, 2.24) is 19.8 Å². The minimum atomic E-state index is 0.0114. The number of benzene rings is 2. The van der Waals surface area contributed by atoms with Crippen LogP contribution in [0.3, 0.4) is 0 Å². The molecule has 1 amide bonds. The van der Waals surface area contributed by atoms with E-state index < -0.39 is 0 Å². The fourth-order valence-corrected chi connectivity index (χ4v) is 3.24. The third kappa shape index (κ3) is 4.03. The van der Waals surface area contributed by atoms with Crippen molar-refractivity contribution >= 4 is 28.0 Å². The molecule has 0 aliphatic heterocycles. The van der Waals surface area contributed by atoms with E-state index in [9.17, 15) is 4.79 Å². The van der Waals surface area contributed by atoms with E-state index in [0.717, 1.165) is 22.2 Å². The number of carbonyl (C=O) groups excluding carboxylic acids is 1. The van der Waals surface area contributed by atoms with Crippen molar-refractivity contribution in [3.05, 3.63) is 60.0 Å². The zero-order valence-corrected chi connectivity index (χ0v) is 16.7. The molecular weight excluding hydrogens is 366 g/mol. The third-order valence-electron chi connectivity index (χ3n) is 4.61. The van der Waals surface area contributed by atoms with Gasteiger partial charge >= 0.3 is 0 Å². The average molecular weight is 389 g/mol. The molecule has 0 atom stereocenters. The fraction of sp³-hybridized carbons (Fsp3) is 0.273. The summed E-state index contributed by atoms with van der Waals surface area (Å²) in [7, 11) is 0. The lowest BCUT2D eigenvalue weighted by atomic mass is 10.1. The summed E-state index contributed by atoms with van der Waals surface area (Å²) in [5, 5.41) is 18.1. The van der Waals surface area contributed by atoms with E-state index in [-0.39, 0.29) is 12.5 Å². The lowest BCUT2D eigenvalue weighted by Gasteiger charge is -2.09. The van der Waals surface area contributed by atoms with Gasteiger partial charge in [0.1, 0.15) is 12.4 Å². The van der Waals surface area contributed by atoms with E-state index in [1.165, 1.54) is 0 Å². The number of amides is 1. The Balaban J connectivity index is 1.48. The maximum absolute atomic E-state index is 11.9. The van der Waals surface area contributed by atoms with Crippen LogP contribution in [0, 0.1) is 12.8 Å². The Morgan fingerprint density at radius 3 is 2.52 bits per heavy atom. The van der Waals surface area contributed by atoms with Crippen molar-refractivity contribution in [3.8, 4) is 5.75 Å². The number of rotatable bonds is 6. The molecule has 0 saturated heterocycles. The summed E-state index contributed by atoms with van der Waals surface area (Å²) >= 11 is 0. The van der Waals surface area contributed by atoms with Gasteiger partial charge in [-0.05, 0) is 37.1 Å². The van der Waals surface area contributed by atoms with Crippen LogP contribution in [0.1, 0.15) is 31.8 Å². The molecule has 0 unspecified atom stereocenters. The summed E-state index contributed by atoms with van der Waals surface area (Å²) in [5.41, 5.74) is 2.38. The zero-order chi connectivity index (χ0) is 20.4. The maximum atomic E-state index is 11.9. The van der Waals surface area contributed by atoms with E-state index in [1.807, 2.05) is 69.3 Å². The number of carbonyl (C=O) groups is 1. The average Bonchev–Trinajstić information content (AvgIpc) is 3.10. The molecule has 7 heteroatoms. The van der Waals surface area contributed by atoms with E-state index >= 15 is 0 Å². The number of aromatic nitrogens is 4. The third-order valence-corrected chi connectivity index (χ3v) is 4.61. The maximum Gasteiger partial charge on any atom is 0.224 e. The second-order valence-electron chi connectivity index (χ2n) is 7.44. The highest BCUT2D eigenvalue weighted by molar-refractivity contribution is 5.94. The first-order valence-corrected chi connectivity index (χ1v) is 9.63. The molecule has 7 nitrogen and oxygen atoms in total. The highest BCUT2D eigenvalue weighted by Gasteiger charge is 2.13. The van der Waals surface area contributed by atoms with Crippen LogP contribution in [0.25, 0.3) is 16.4 Å². The first-order chi connectivity index (χ1) is 14.0. The Labute approximate surface area is 168 Å². The minimum absolute atomic E-state index is 0.0114. The molecule has 2 aromatic heterocycles. The Bertz CT molecular complexity index is 1170. The van der Waals surface area contributed by atoms with E-state index in [0.29, 0.717) is 29.6 Å². The van der Waals surface area contributed by atoms with Gasteiger partial charge in [-0.1, -0.05) is 38.1 Å². The summed E-state index contributed by atoms with van der Waals surface area (Å²) in [5.74, 6) is 1.64. The summed E-state index contributed by atoms with van der Waals surface area (Å²) in [6.07, 6.45) is 0.499. The first-order valence-electron chi connectivity index (χ1n) is 9.63. The summed E-state index contributed by atoms with van der Waals surface area (Å²) in [4.78, 5) is 11.9. The van der Waals surface area contributed by atoms with Crippen LogP contribution in [0.2, 0.25) is 0 Å². The zero-order valence-electron chi connectivity index (χ0n) is 16.7. The van der Waals surface area contributed by atoms with E-state index in [1.54, 1.807) is 4.52 Å².